The van der Waals surface area contributed by atoms with Crippen LogP contribution in [0.2, 0.25) is 0 Å². The molecule has 17 atom stereocenters. The number of H-pyrrole nitrogens is 1. The average molecular weight is 1440 g/mol. The van der Waals surface area contributed by atoms with Crippen molar-refractivity contribution in [1.82, 2.24) is 41.5 Å². The third-order valence-electron chi connectivity index (χ3n) is 15.2. The van der Waals surface area contributed by atoms with E-state index in [2.05, 4.69) is 36.9 Å². The molecule has 7 rings (SSSR count). The van der Waals surface area contributed by atoms with Gasteiger partial charge in [-0.2, -0.15) is 0 Å². The molecule has 2 aromatic rings. The zero-order chi connectivity index (χ0) is 63.9. The van der Waals surface area contributed by atoms with Crippen LogP contribution < -0.4 is 47.8 Å². The van der Waals surface area contributed by atoms with E-state index in [0.717, 1.165) is 4.57 Å². The summed E-state index contributed by atoms with van der Waals surface area (Å²) in [6.07, 6.45) is -22.4. The Morgan fingerprint density at radius 3 is 2.13 bits per heavy atom. The van der Waals surface area contributed by atoms with Crippen LogP contribution in [0.15, 0.2) is 33.5 Å². The van der Waals surface area contributed by atoms with Gasteiger partial charge in [0.15, 0.2) is 30.1 Å². The first kappa shape index (κ1) is 77.9. The SMILES string of the molecule is CC1=C[C@@]2(Oc3c(cc(C)[nH]c3=O)C(=O)NCCC(CNCCNC(=O)c3cc(C)n(CC(=O)NCCCOC[C@H]4OC(COC5(COC(C)C)O[C@H](CO)[C@H](O)[C@@H]5O)(O[C@@H]5OC(CO)[C@H](O)[C@H](O)C5O)[C@@H](O)[C@H]4O)c(=O)c3O)NC2=O)C(O)C(O)N1.O.O.[Gd]. The van der Waals surface area contributed by atoms with Crippen molar-refractivity contribution in [3.63, 3.8) is 0 Å². The molecule has 512 valence electrons. The van der Waals surface area contributed by atoms with Crippen LogP contribution in [0.25, 0.3) is 0 Å². The predicted molar refractivity (Wildman–Crippen MR) is 299 cm³/mol. The fourth-order valence-electron chi connectivity index (χ4n) is 10.4. The van der Waals surface area contributed by atoms with Gasteiger partial charge in [-0.1, -0.05) is 0 Å². The number of ether oxygens (including phenoxy) is 8. The van der Waals surface area contributed by atoms with Gasteiger partial charge in [0.05, 0.1) is 37.1 Å². The molecule has 7 heterocycles. The molecule has 23 N–H and O–H groups in total. The Labute approximate surface area is 545 Å². The number of aromatic nitrogens is 2. The summed E-state index contributed by atoms with van der Waals surface area (Å²) in [5.41, 5.74) is -4.24. The number of fused-ring (bicyclic) bond motifs is 1. The number of amides is 4. The van der Waals surface area contributed by atoms with Gasteiger partial charge in [0.1, 0.15) is 80.8 Å². The molecule has 3 saturated heterocycles. The topological polar surface area (TPSA) is 575 Å². The molecule has 36 nitrogen and oxygen atoms in total. The minimum atomic E-state index is -2.59. The van der Waals surface area contributed by atoms with Crippen LogP contribution in [0.5, 0.6) is 11.5 Å². The molecular weight excluding hydrogens is 1350 g/mol. The summed E-state index contributed by atoms with van der Waals surface area (Å²) in [4.78, 5) is 82.7. The van der Waals surface area contributed by atoms with Crippen LogP contribution >= 0.6 is 0 Å². The summed E-state index contributed by atoms with van der Waals surface area (Å²) in [5.74, 6) is -9.53. The van der Waals surface area contributed by atoms with E-state index in [0.29, 0.717) is 5.69 Å². The number of hydrogen-bond acceptors (Lipinski definition) is 28. The molecule has 3 fully saturated rings. The van der Waals surface area contributed by atoms with Gasteiger partial charge in [-0.05, 0) is 65.7 Å². The maximum atomic E-state index is 14.1. The Balaban J connectivity index is 0.00000577. The summed E-state index contributed by atoms with van der Waals surface area (Å²) in [7, 11) is 0. The summed E-state index contributed by atoms with van der Waals surface area (Å²) in [6.45, 7) is 3.35. The molecule has 5 aliphatic rings. The quantitative estimate of drug-likeness (QED) is 0.0434. The molecule has 5 aliphatic heterocycles. The van der Waals surface area contributed by atoms with Gasteiger partial charge in [0.25, 0.3) is 28.8 Å². The summed E-state index contributed by atoms with van der Waals surface area (Å²) in [6, 6.07) is 1.78. The average Bonchev–Trinajstić information content (AvgIpc) is 1.36. The standard InChI is InChI=1S/C53H80N8O26.Gd.2H2O/c1-23(2)81-21-52(41(71)36(67)31(19-63)84-52)82-22-53(87-49-39(70)38(69)35(66)30(18-62)83-49)42(72)37(68)32(85-53)20-80-12-6-8-55-33(64)17-61-26(5)14-28(34(65)48(61)78)44(74)57-11-10-54-16-27-7-9-56-45(75)29-13-24(3)58-46(76)40(29)86-51(50(79)60-27)15-25(4)59-47(77)43(51)73;;;/h13-15,23,27,30-32,35-39,41-43,47,49,54,59,62-63,65-73,77H,6-12,16-22H2,1-5H3,(H,55,64)(H,56,75)(H,57,74)(H,58,76)(H,60,79);;2*1H2/t27?,30?,31-,32-,35+,36+,37+,38+,39?,41+,42+,43?,47?,49+,51-,52?,53?;;;/m1.../s1. The number of aromatic hydroxyl groups is 1. The number of pyridine rings is 2. The molecule has 0 saturated carbocycles. The number of nitrogens with one attached hydrogen (secondary N) is 7. The van der Waals surface area contributed by atoms with Crippen LogP contribution in [0.3, 0.4) is 0 Å². The Morgan fingerprint density at radius 1 is 0.800 bits per heavy atom. The number of aromatic amines is 1. The number of carbonyl (C=O) groups is 4. The van der Waals surface area contributed by atoms with Gasteiger partial charge in [-0.3, -0.25) is 28.8 Å². The second kappa shape index (κ2) is 33.5. The fraction of sp³-hybridized carbons (Fsp3) is 0.698. The normalized spacial score (nSPS) is 32.5. The zero-order valence-electron chi connectivity index (χ0n) is 49.7. The number of nitrogens with zero attached hydrogens (tertiary/aromatic N) is 1. The van der Waals surface area contributed by atoms with Gasteiger partial charge in [-0.25, -0.2) is 0 Å². The van der Waals surface area contributed by atoms with Crippen LogP contribution in [0, 0.1) is 53.8 Å². The summed E-state index contributed by atoms with van der Waals surface area (Å²) in [5, 5.41) is 145. The molecule has 4 amide bonds. The molecule has 0 bridgehead atoms. The van der Waals surface area contributed by atoms with Crippen molar-refractivity contribution >= 4 is 23.6 Å². The first-order chi connectivity index (χ1) is 41.1. The molecule has 7 unspecified atom stereocenters. The van der Waals surface area contributed by atoms with E-state index in [1.165, 1.54) is 39.0 Å². The number of carbonyl (C=O) groups excluding carboxylic acids is 4. The maximum Gasteiger partial charge on any atom is 0.294 e. The second-order valence-electron chi connectivity index (χ2n) is 22.1. The van der Waals surface area contributed by atoms with Crippen LogP contribution in [0.4, 0.5) is 0 Å². The molecule has 2 aromatic heterocycles. The summed E-state index contributed by atoms with van der Waals surface area (Å²) < 4.78 is 47.3. The smallest absolute Gasteiger partial charge is 0.294 e. The number of aliphatic hydroxyl groups is 11. The van der Waals surface area contributed by atoms with Crippen molar-refractivity contribution in [2.24, 2.45) is 0 Å². The van der Waals surface area contributed by atoms with E-state index < -0.39 is 200 Å². The van der Waals surface area contributed by atoms with Gasteiger partial charge in [0, 0.05) is 102 Å². The zero-order valence-corrected chi connectivity index (χ0v) is 51.9. The van der Waals surface area contributed by atoms with Crippen molar-refractivity contribution in [2.45, 2.75) is 163 Å². The third-order valence-corrected chi connectivity index (χ3v) is 15.2. The largest absolute Gasteiger partial charge is 0.502 e. The number of hydrogen-bond donors (Lipinski definition) is 19. The first-order valence-electron chi connectivity index (χ1n) is 28.2. The third kappa shape index (κ3) is 17.4. The van der Waals surface area contributed by atoms with E-state index >= 15 is 0 Å². The van der Waals surface area contributed by atoms with E-state index in [1.54, 1.807) is 13.8 Å². The molecular formula is C53H84GdN8O28. The van der Waals surface area contributed by atoms with E-state index in [4.69, 9.17) is 37.9 Å². The van der Waals surface area contributed by atoms with Crippen molar-refractivity contribution in [3.8, 4) is 11.5 Å². The van der Waals surface area contributed by atoms with E-state index in [1.807, 2.05) is 0 Å². The van der Waals surface area contributed by atoms with Crippen molar-refractivity contribution in [1.29, 1.82) is 0 Å². The van der Waals surface area contributed by atoms with Crippen LogP contribution in [-0.4, -0.2) is 287 Å². The number of aliphatic hydroxyl groups excluding tert-OH is 11. The summed E-state index contributed by atoms with van der Waals surface area (Å²) >= 11 is 0. The minimum Gasteiger partial charge on any atom is -0.502 e. The fourth-order valence-corrected chi connectivity index (χ4v) is 10.4. The minimum absolute atomic E-state index is 0. The predicted octanol–water partition coefficient (Wildman–Crippen LogP) is -10.4. The molecule has 0 aromatic carbocycles. The van der Waals surface area contributed by atoms with Crippen molar-refractivity contribution in [3.05, 3.63) is 67.1 Å². The van der Waals surface area contributed by atoms with Crippen molar-refractivity contribution < 1.29 is 169 Å². The van der Waals surface area contributed by atoms with Crippen LogP contribution in [-0.2, 0) is 49.3 Å². The number of aryl methyl sites for hydroxylation is 2. The Hall–Kier alpha value is -4.60. The second-order valence-corrected chi connectivity index (χ2v) is 22.1. The van der Waals surface area contributed by atoms with Gasteiger partial charge in [0.2, 0.25) is 23.1 Å². The van der Waals surface area contributed by atoms with Crippen LogP contribution in [0.1, 0.15) is 65.7 Å². The maximum absolute atomic E-state index is 14.1. The molecule has 90 heavy (non-hydrogen) atoms. The van der Waals surface area contributed by atoms with E-state index in [-0.39, 0.29) is 120 Å². The Morgan fingerprint density at radius 2 is 1.47 bits per heavy atom. The van der Waals surface area contributed by atoms with E-state index in [9.17, 15) is 90.0 Å². The number of rotatable bonds is 24. The van der Waals surface area contributed by atoms with Gasteiger partial charge >= 0.3 is 0 Å². The monoisotopic (exact) mass is 1440 g/mol. The Kier molecular flexibility index (Phi) is 29.0. The Bertz CT molecular complexity index is 2910. The van der Waals surface area contributed by atoms with Gasteiger partial charge < -0.3 is 152 Å². The van der Waals surface area contributed by atoms with Gasteiger partial charge in [-0.15, -0.1) is 0 Å². The molecule has 0 radical (unpaired) electrons. The molecule has 37 heteroatoms. The molecule has 0 aliphatic carbocycles. The van der Waals surface area contributed by atoms with Crippen molar-refractivity contribution in [2.75, 3.05) is 72.4 Å². The molecule has 1 spiro atoms. The first-order valence-corrected chi connectivity index (χ1v) is 28.2. The number of allylic oxidation sites excluding steroid dienone is 1.